The molecule has 1 fully saturated rings. The molecule has 1 unspecified atom stereocenters. The van der Waals surface area contributed by atoms with E-state index >= 15 is 0 Å². The Bertz CT molecular complexity index is 762. The normalized spacial score (nSPS) is 20.2. The third-order valence-electron chi connectivity index (χ3n) is 6.07. The third-order valence-corrected chi connectivity index (χ3v) is 6.07. The molecule has 0 bridgehead atoms. The lowest BCUT2D eigenvalue weighted by atomic mass is 9.84. The van der Waals surface area contributed by atoms with E-state index in [1.54, 1.807) is 0 Å². The summed E-state index contributed by atoms with van der Waals surface area (Å²) in [5, 5.41) is 7.19. The number of hydrogen-bond donors (Lipinski definition) is 2. The maximum Gasteiger partial charge on any atom is 0.0933 e. The fourth-order valence-corrected chi connectivity index (χ4v) is 4.43. The molecule has 2 aromatic rings. The number of rotatable bonds is 7. The SMILES string of the molecule is C1=NCCC(NCCNc2cccnc2-c2ccc(C3CCCCC3)cc2)C1. The number of pyridine rings is 1. The lowest BCUT2D eigenvalue weighted by Gasteiger charge is -2.22. The first-order valence-corrected chi connectivity index (χ1v) is 10.9. The zero-order valence-corrected chi connectivity index (χ0v) is 16.7. The summed E-state index contributed by atoms with van der Waals surface area (Å²) in [4.78, 5) is 8.95. The molecule has 1 aromatic carbocycles. The Labute approximate surface area is 168 Å². The van der Waals surface area contributed by atoms with Crippen LogP contribution in [0.2, 0.25) is 0 Å². The number of aromatic nitrogens is 1. The Hall–Kier alpha value is -2.20. The monoisotopic (exact) mass is 376 g/mol. The molecule has 4 nitrogen and oxygen atoms in total. The van der Waals surface area contributed by atoms with Crippen molar-refractivity contribution in [2.75, 3.05) is 25.0 Å². The molecule has 1 aromatic heterocycles. The van der Waals surface area contributed by atoms with E-state index in [1.165, 1.54) is 43.2 Å². The molecule has 1 atom stereocenters. The van der Waals surface area contributed by atoms with Crippen molar-refractivity contribution in [3.63, 3.8) is 0 Å². The van der Waals surface area contributed by atoms with E-state index in [1.807, 2.05) is 18.5 Å². The predicted octanol–water partition coefficient (Wildman–Crippen LogP) is 5.03. The largest absolute Gasteiger partial charge is 0.382 e. The van der Waals surface area contributed by atoms with Gasteiger partial charge in [0.1, 0.15) is 0 Å². The van der Waals surface area contributed by atoms with Crippen molar-refractivity contribution in [2.45, 2.75) is 56.9 Å². The molecular formula is C24H32N4. The van der Waals surface area contributed by atoms with Crippen molar-refractivity contribution in [2.24, 2.45) is 4.99 Å². The molecule has 4 heteroatoms. The van der Waals surface area contributed by atoms with E-state index in [9.17, 15) is 0 Å². The highest BCUT2D eigenvalue weighted by molar-refractivity contribution is 5.74. The zero-order chi connectivity index (χ0) is 19.0. The summed E-state index contributed by atoms with van der Waals surface area (Å²) in [7, 11) is 0. The van der Waals surface area contributed by atoms with Crippen molar-refractivity contribution < 1.29 is 0 Å². The number of benzene rings is 1. The van der Waals surface area contributed by atoms with Gasteiger partial charge >= 0.3 is 0 Å². The molecule has 0 spiro atoms. The first-order chi connectivity index (χ1) is 13.9. The number of hydrogen-bond acceptors (Lipinski definition) is 4. The van der Waals surface area contributed by atoms with Crippen molar-refractivity contribution in [3.8, 4) is 11.3 Å². The Morgan fingerprint density at radius 2 is 1.79 bits per heavy atom. The van der Waals surface area contributed by atoms with E-state index in [0.29, 0.717) is 6.04 Å². The van der Waals surface area contributed by atoms with Crippen LogP contribution in [-0.2, 0) is 0 Å². The topological polar surface area (TPSA) is 49.3 Å². The van der Waals surface area contributed by atoms with E-state index in [4.69, 9.17) is 0 Å². The second-order valence-electron chi connectivity index (χ2n) is 8.05. The highest BCUT2D eigenvalue weighted by atomic mass is 15.0. The number of aliphatic imine (C=N–C) groups is 1. The molecule has 2 aliphatic rings. The molecule has 28 heavy (non-hydrogen) atoms. The molecule has 0 amide bonds. The fourth-order valence-electron chi connectivity index (χ4n) is 4.43. The summed E-state index contributed by atoms with van der Waals surface area (Å²) in [6.45, 7) is 2.80. The fraction of sp³-hybridized carbons (Fsp3) is 0.500. The lowest BCUT2D eigenvalue weighted by molar-refractivity contribution is 0.443. The van der Waals surface area contributed by atoms with Crippen LogP contribution in [0.5, 0.6) is 0 Å². The quantitative estimate of drug-likeness (QED) is 0.666. The second kappa shape index (κ2) is 9.83. The zero-order valence-electron chi connectivity index (χ0n) is 16.7. The summed E-state index contributed by atoms with van der Waals surface area (Å²) in [6, 6.07) is 13.8. The summed E-state index contributed by atoms with van der Waals surface area (Å²) in [5.74, 6) is 0.750. The maximum absolute atomic E-state index is 4.66. The Morgan fingerprint density at radius 1 is 0.929 bits per heavy atom. The lowest BCUT2D eigenvalue weighted by Crippen LogP contribution is -2.35. The minimum absolute atomic E-state index is 0.569. The molecular weight excluding hydrogens is 344 g/mol. The molecule has 4 rings (SSSR count). The Kier molecular flexibility index (Phi) is 6.72. The standard InChI is InChI=1S/C24H32N4/c1-2-5-19(6-3-1)20-8-10-21(11-9-20)24-23(7-4-14-28-24)27-18-17-26-22-12-15-25-16-13-22/h4,7-11,14-15,19,22,26-27H,1-3,5-6,12-13,16-18H2. The average Bonchev–Trinajstić information content (AvgIpc) is 2.78. The highest BCUT2D eigenvalue weighted by Crippen LogP contribution is 2.34. The number of nitrogens with zero attached hydrogens (tertiary/aromatic N) is 2. The van der Waals surface area contributed by atoms with Crippen LogP contribution in [0.4, 0.5) is 5.69 Å². The van der Waals surface area contributed by atoms with Gasteiger partial charge in [0.25, 0.3) is 0 Å². The first-order valence-electron chi connectivity index (χ1n) is 10.9. The summed E-state index contributed by atoms with van der Waals surface area (Å²) in [5.41, 5.74) is 4.84. The van der Waals surface area contributed by atoms with E-state index in [-0.39, 0.29) is 0 Å². The van der Waals surface area contributed by atoms with Crippen molar-refractivity contribution in [1.29, 1.82) is 0 Å². The van der Waals surface area contributed by atoms with E-state index < -0.39 is 0 Å². The van der Waals surface area contributed by atoms with Gasteiger partial charge in [-0.2, -0.15) is 0 Å². The van der Waals surface area contributed by atoms with Gasteiger partial charge in [-0.25, -0.2) is 0 Å². The molecule has 1 saturated carbocycles. The molecule has 1 aliphatic heterocycles. The maximum atomic E-state index is 4.66. The van der Waals surface area contributed by atoms with Crippen LogP contribution in [0, 0.1) is 0 Å². The van der Waals surface area contributed by atoms with Gasteiger partial charge in [0.05, 0.1) is 11.4 Å². The van der Waals surface area contributed by atoms with Gasteiger partial charge in [-0.3, -0.25) is 9.98 Å². The molecule has 2 N–H and O–H groups in total. The van der Waals surface area contributed by atoms with Crippen molar-refractivity contribution >= 4 is 11.9 Å². The summed E-state index contributed by atoms with van der Waals surface area (Å²) >= 11 is 0. The minimum atomic E-state index is 0.569. The van der Waals surface area contributed by atoms with Gasteiger partial charge < -0.3 is 10.6 Å². The predicted molar refractivity (Wildman–Crippen MR) is 118 cm³/mol. The van der Waals surface area contributed by atoms with Gasteiger partial charge in [-0.15, -0.1) is 0 Å². The second-order valence-corrected chi connectivity index (χ2v) is 8.05. The van der Waals surface area contributed by atoms with Crippen LogP contribution in [0.15, 0.2) is 47.6 Å². The molecule has 2 heterocycles. The molecule has 148 valence electrons. The number of anilines is 1. The Balaban J connectivity index is 1.36. The smallest absolute Gasteiger partial charge is 0.0933 e. The highest BCUT2D eigenvalue weighted by Gasteiger charge is 2.16. The van der Waals surface area contributed by atoms with Crippen LogP contribution in [0.3, 0.4) is 0 Å². The number of nitrogens with one attached hydrogen (secondary N) is 2. The molecule has 0 radical (unpaired) electrons. The average molecular weight is 377 g/mol. The molecule has 1 aliphatic carbocycles. The van der Waals surface area contributed by atoms with E-state index in [0.717, 1.165) is 49.8 Å². The van der Waals surface area contributed by atoms with Crippen LogP contribution >= 0.6 is 0 Å². The van der Waals surface area contributed by atoms with Crippen molar-refractivity contribution in [1.82, 2.24) is 10.3 Å². The Morgan fingerprint density at radius 3 is 2.57 bits per heavy atom. The van der Waals surface area contributed by atoms with E-state index in [2.05, 4.69) is 50.9 Å². The molecule has 0 saturated heterocycles. The first kappa shape index (κ1) is 19.1. The summed E-state index contributed by atoms with van der Waals surface area (Å²) in [6.07, 6.45) is 13.0. The van der Waals surface area contributed by atoms with Gasteiger partial charge in [-0.05, 0) is 49.3 Å². The van der Waals surface area contributed by atoms with Gasteiger partial charge in [0.15, 0.2) is 0 Å². The van der Waals surface area contributed by atoms with Crippen LogP contribution in [-0.4, -0.2) is 36.9 Å². The van der Waals surface area contributed by atoms with Crippen LogP contribution < -0.4 is 10.6 Å². The van der Waals surface area contributed by atoms with Crippen molar-refractivity contribution in [3.05, 3.63) is 48.2 Å². The van der Waals surface area contributed by atoms with Crippen LogP contribution in [0.1, 0.15) is 56.4 Å². The van der Waals surface area contributed by atoms with Gasteiger partial charge in [0, 0.05) is 43.7 Å². The van der Waals surface area contributed by atoms with Gasteiger partial charge in [0.2, 0.25) is 0 Å². The summed E-state index contributed by atoms with van der Waals surface area (Å²) < 4.78 is 0. The third kappa shape index (κ3) is 4.99. The van der Waals surface area contributed by atoms with Gasteiger partial charge in [-0.1, -0.05) is 43.5 Å². The minimum Gasteiger partial charge on any atom is -0.382 e. The van der Waals surface area contributed by atoms with Crippen LogP contribution in [0.25, 0.3) is 11.3 Å².